The van der Waals surface area contributed by atoms with E-state index in [2.05, 4.69) is 23.3 Å². The van der Waals surface area contributed by atoms with Crippen molar-refractivity contribution in [1.82, 2.24) is 10.6 Å². The normalized spacial score (nSPS) is 13.5. The second-order valence-corrected chi connectivity index (χ2v) is 5.12. The number of carboxylic acid groups (broad SMARTS) is 1. The number of furan rings is 1. The number of rotatable bonds is 7. The highest BCUT2D eigenvalue weighted by atomic mass is 32.1. The van der Waals surface area contributed by atoms with E-state index in [1.165, 1.54) is 12.3 Å². The smallest absolute Gasteiger partial charge is 0.327 e. The Morgan fingerprint density at radius 3 is 2.43 bits per heavy atom. The van der Waals surface area contributed by atoms with Crippen LogP contribution in [0, 0.1) is 5.92 Å². The van der Waals surface area contributed by atoms with Crippen LogP contribution in [-0.4, -0.2) is 40.7 Å². The monoisotopic (exact) mass is 314 g/mol. The van der Waals surface area contributed by atoms with E-state index in [9.17, 15) is 14.4 Å². The van der Waals surface area contributed by atoms with Crippen molar-refractivity contribution in [3.63, 3.8) is 0 Å². The molecule has 0 radical (unpaired) electrons. The number of thiol groups is 1. The molecule has 1 aromatic rings. The zero-order chi connectivity index (χ0) is 16.0. The molecule has 1 heterocycles. The van der Waals surface area contributed by atoms with Gasteiger partial charge in [0.05, 0.1) is 6.26 Å². The molecule has 0 spiro atoms. The SMILES string of the molecule is CC(C)C(NC(=O)c1ccco1)C(=O)NC(CS)C(=O)O. The molecule has 0 fully saturated rings. The Hall–Kier alpha value is -1.96. The third-order valence-electron chi connectivity index (χ3n) is 2.78. The molecule has 8 heteroatoms. The summed E-state index contributed by atoms with van der Waals surface area (Å²) in [7, 11) is 0. The van der Waals surface area contributed by atoms with Crippen molar-refractivity contribution in [2.24, 2.45) is 5.92 Å². The molecule has 0 aliphatic rings. The fraction of sp³-hybridized carbons (Fsp3) is 0.462. The topological polar surface area (TPSA) is 109 Å². The molecule has 21 heavy (non-hydrogen) atoms. The number of carbonyl (C=O) groups is 3. The minimum Gasteiger partial charge on any atom is -0.480 e. The maximum atomic E-state index is 12.1. The summed E-state index contributed by atoms with van der Waals surface area (Å²) in [6, 6.07) is 1.05. The molecular formula is C13H18N2O5S. The predicted molar refractivity (Wildman–Crippen MR) is 78.2 cm³/mol. The lowest BCUT2D eigenvalue weighted by molar-refractivity contribution is -0.141. The van der Waals surface area contributed by atoms with Crippen LogP contribution in [0.4, 0.5) is 0 Å². The van der Waals surface area contributed by atoms with Gasteiger partial charge >= 0.3 is 5.97 Å². The number of carbonyl (C=O) groups excluding carboxylic acids is 2. The molecule has 116 valence electrons. The van der Waals surface area contributed by atoms with Crippen molar-refractivity contribution in [2.45, 2.75) is 25.9 Å². The van der Waals surface area contributed by atoms with Crippen LogP contribution >= 0.6 is 12.6 Å². The fourth-order valence-electron chi connectivity index (χ4n) is 1.60. The average molecular weight is 314 g/mol. The van der Waals surface area contributed by atoms with Gasteiger partial charge in [-0.1, -0.05) is 13.8 Å². The zero-order valence-corrected chi connectivity index (χ0v) is 12.6. The predicted octanol–water partition coefficient (Wildman–Crippen LogP) is 0.533. The van der Waals surface area contributed by atoms with E-state index in [1.807, 2.05) is 0 Å². The van der Waals surface area contributed by atoms with Gasteiger partial charge in [-0.2, -0.15) is 12.6 Å². The lowest BCUT2D eigenvalue weighted by Gasteiger charge is -2.23. The van der Waals surface area contributed by atoms with Crippen LogP contribution in [0.15, 0.2) is 22.8 Å². The number of nitrogens with one attached hydrogen (secondary N) is 2. The molecule has 7 nitrogen and oxygen atoms in total. The first kappa shape index (κ1) is 17.1. The number of amides is 2. The van der Waals surface area contributed by atoms with Crippen molar-refractivity contribution in [1.29, 1.82) is 0 Å². The molecule has 2 unspecified atom stereocenters. The third-order valence-corrected chi connectivity index (χ3v) is 3.14. The fourth-order valence-corrected chi connectivity index (χ4v) is 1.85. The van der Waals surface area contributed by atoms with E-state index in [0.717, 1.165) is 0 Å². The van der Waals surface area contributed by atoms with Crippen molar-refractivity contribution < 1.29 is 23.9 Å². The van der Waals surface area contributed by atoms with Crippen molar-refractivity contribution in [3.8, 4) is 0 Å². The Bertz CT molecular complexity index is 501. The molecule has 0 saturated carbocycles. The first-order valence-electron chi connectivity index (χ1n) is 6.35. The van der Waals surface area contributed by atoms with E-state index in [0.29, 0.717) is 0 Å². The first-order chi connectivity index (χ1) is 9.86. The molecule has 2 atom stereocenters. The summed E-state index contributed by atoms with van der Waals surface area (Å²) < 4.78 is 4.95. The average Bonchev–Trinajstić information content (AvgIpc) is 2.94. The quantitative estimate of drug-likeness (QED) is 0.549. The minimum atomic E-state index is -1.18. The molecule has 1 aromatic heterocycles. The van der Waals surface area contributed by atoms with Gasteiger partial charge in [0.2, 0.25) is 5.91 Å². The van der Waals surface area contributed by atoms with Crippen molar-refractivity contribution in [2.75, 3.05) is 5.75 Å². The summed E-state index contributed by atoms with van der Waals surface area (Å²) in [5.41, 5.74) is 0. The highest BCUT2D eigenvalue weighted by Gasteiger charge is 2.28. The minimum absolute atomic E-state index is 0.0436. The highest BCUT2D eigenvalue weighted by Crippen LogP contribution is 2.06. The molecule has 1 rings (SSSR count). The van der Waals surface area contributed by atoms with Gasteiger partial charge in [-0.05, 0) is 18.1 Å². The lowest BCUT2D eigenvalue weighted by atomic mass is 10.0. The maximum Gasteiger partial charge on any atom is 0.327 e. The van der Waals surface area contributed by atoms with E-state index >= 15 is 0 Å². The van der Waals surface area contributed by atoms with Crippen LogP contribution in [0.5, 0.6) is 0 Å². The van der Waals surface area contributed by atoms with Crippen molar-refractivity contribution >= 4 is 30.4 Å². The molecule has 3 N–H and O–H groups in total. The van der Waals surface area contributed by atoms with E-state index in [1.54, 1.807) is 19.9 Å². The molecule has 0 aliphatic carbocycles. The van der Waals surface area contributed by atoms with E-state index < -0.39 is 29.9 Å². The van der Waals surface area contributed by atoms with E-state index in [-0.39, 0.29) is 17.4 Å². The van der Waals surface area contributed by atoms with Gasteiger partial charge < -0.3 is 20.2 Å². The van der Waals surface area contributed by atoms with Crippen LogP contribution in [0.25, 0.3) is 0 Å². The number of hydrogen-bond donors (Lipinski definition) is 4. The second kappa shape index (κ2) is 7.72. The summed E-state index contributed by atoms with van der Waals surface area (Å²) in [6.07, 6.45) is 1.35. The van der Waals surface area contributed by atoms with Gasteiger partial charge in [0.15, 0.2) is 5.76 Å². The Kier molecular flexibility index (Phi) is 6.29. The molecule has 2 amide bonds. The molecule has 0 aromatic carbocycles. The van der Waals surface area contributed by atoms with Gasteiger partial charge in [0, 0.05) is 5.75 Å². The lowest BCUT2D eigenvalue weighted by Crippen LogP contribution is -2.54. The van der Waals surface area contributed by atoms with E-state index in [4.69, 9.17) is 9.52 Å². The molecule has 0 bridgehead atoms. The van der Waals surface area contributed by atoms with Gasteiger partial charge in [-0.3, -0.25) is 9.59 Å². The largest absolute Gasteiger partial charge is 0.480 e. The molecule has 0 saturated heterocycles. The second-order valence-electron chi connectivity index (χ2n) is 4.75. The first-order valence-corrected chi connectivity index (χ1v) is 6.98. The highest BCUT2D eigenvalue weighted by molar-refractivity contribution is 7.80. The summed E-state index contributed by atoms with van der Waals surface area (Å²) in [5, 5.41) is 13.8. The summed E-state index contributed by atoms with van der Waals surface area (Å²) in [4.78, 5) is 34.9. The van der Waals surface area contributed by atoms with Gasteiger partial charge in [0.25, 0.3) is 5.91 Å². The Balaban J connectivity index is 2.75. The number of carboxylic acids is 1. The van der Waals surface area contributed by atoms with Gasteiger partial charge in [-0.15, -0.1) is 0 Å². The summed E-state index contributed by atoms with van der Waals surface area (Å²) in [5.74, 6) is -2.48. The Labute approximate surface area is 127 Å². The molecule has 0 aliphatic heterocycles. The van der Waals surface area contributed by atoms with Crippen LogP contribution in [0.2, 0.25) is 0 Å². The summed E-state index contributed by atoms with van der Waals surface area (Å²) >= 11 is 3.87. The van der Waals surface area contributed by atoms with Crippen LogP contribution in [0.3, 0.4) is 0 Å². The molecular weight excluding hydrogens is 296 g/mol. The standard InChI is InChI=1S/C13H18N2O5S/c1-7(2)10(12(17)14-8(6-21)13(18)19)15-11(16)9-4-3-5-20-9/h3-5,7-8,10,21H,6H2,1-2H3,(H,14,17)(H,15,16)(H,18,19). The maximum absolute atomic E-state index is 12.1. The Morgan fingerprint density at radius 1 is 1.33 bits per heavy atom. The van der Waals surface area contributed by atoms with Crippen LogP contribution in [0.1, 0.15) is 24.4 Å². The zero-order valence-electron chi connectivity index (χ0n) is 11.7. The van der Waals surface area contributed by atoms with Gasteiger partial charge in [-0.25, -0.2) is 4.79 Å². The Morgan fingerprint density at radius 2 is 2.00 bits per heavy atom. The van der Waals surface area contributed by atoms with Crippen molar-refractivity contribution in [3.05, 3.63) is 24.2 Å². The third kappa shape index (κ3) is 4.82. The summed E-state index contributed by atoms with van der Waals surface area (Å²) in [6.45, 7) is 3.48. The number of aliphatic carboxylic acids is 1. The van der Waals surface area contributed by atoms with Crippen LogP contribution in [-0.2, 0) is 9.59 Å². The number of hydrogen-bond acceptors (Lipinski definition) is 5. The van der Waals surface area contributed by atoms with Crippen LogP contribution < -0.4 is 10.6 Å². The van der Waals surface area contributed by atoms with Gasteiger partial charge in [0.1, 0.15) is 12.1 Å².